The second-order valence-electron chi connectivity index (χ2n) is 8.94. The van der Waals surface area contributed by atoms with Gasteiger partial charge in [-0.25, -0.2) is 4.79 Å². The van der Waals surface area contributed by atoms with E-state index in [0.717, 1.165) is 29.5 Å². The molecular weight excluding hydrogens is 428 g/mol. The molecule has 0 unspecified atom stereocenters. The third-order valence-corrected chi connectivity index (χ3v) is 6.71. The van der Waals surface area contributed by atoms with Gasteiger partial charge >= 0.3 is 5.97 Å². The van der Waals surface area contributed by atoms with E-state index in [4.69, 9.17) is 16.3 Å². The number of rotatable bonds is 4. The molecule has 164 valence electrons. The molecule has 1 N–H and O–H groups in total. The van der Waals surface area contributed by atoms with Crippen molar-refractivity contribution in [1.29, 1.82) is 0 Å². The van der Waals surface area contributed by atoms with E-state index in [1.807, 2.05) is 47.1 Å². The Morgan fingerprint density at radius 3 is 2.69 bits per heavy atom. The van der Waals surface area contributed by atoms with Gasteiger partial charge in [-0.05, 0) is 49.9 Å². The van der Waals surface area contributed by atoms with Gasteiger partial charge in [-0.3, -0.25) is 14.5 Å². The maximum atomic E-state index is 12.5. The van der Waals surface area contributed by atoms with Crippen molar-refractivity contribution in [3.05, 3.63) is 86.7 Å². The number of benzene rings is 2. The molecule has 5 rings (SSSR count). The fourth-order valence-electron chi connectivity index (χ4n) is 4.85. The van der Waals surface area contributed by atoms with E-state index in [1.165, 1.54) is 12.3 Å². The SMILES string of the molecule is CC1(C)CC[C@@H]2c3cc(OCc4ccccc4)c(Cl)cc3-c3cc(=O)c(C(=O)O)cn3N21. The highest BCUT2D eigenvalue weighted by molar-refractivity contribution is 6.32. The number of carboxylic acid groups (broad SMARTS) is 1. The lowest BCUT2D eigenvalue weighted by atomic mass is 9.94. The van der Waals surface area contributed by atoms with E-state index in [0.29, 0.717) is 23.1 Å². The van der Waals surface area contributed by atoms with Crippen molar-refractivity contribution in [2.75, 3.05) is 5.01 Å². The number of halogens is 1. The van der Waals surface area contributed by atoms with E-state index < -0.39 is 11.4 Å². The van der Waals surface area contributed by atoms with Gasteiger partial charge in [-0.1, -0.05) is 41.9 Å². The minimum atomic E-state index is -1.23. The van der Waals surface area contributed by atoms with Crippen molar-refractivity contribution in [3.63, 3.8) is 0 Å². The largest absolute Gasteiger partial charge is 0.487 e. The molecule has 3 aromatic rings. The molecule has 1 saturated heterocycles. The third kappa shape index (κ3) is 3.26. The molecule has 7 heteroatoms. The van der Waals surface area contributed by atoms with Gasteiger partial charge in [0.25, 0.3) is 0 Å². The van der Waals surface area contributed by atoms with Gasteiger partial charge in [0, 0.05) is 17.8 Å². The summed E-state index contributed by atoms with van der Waals surface area (Å²) in [5, 5.41) is 12.1. The molecular formula is C25H23ClN2O4. The maximum absolute atomic E-state index is 12.5. The van der Waals surface area contributed by atoms with Crippen molar-refractivity contribution >= 4 is 17.6 Å². The summed E-state index contributed by atoms with van der Waals surface area (Å²) >= 11 is 6.59. The predicted molar refractivity (Wildman–Crippen MR) is 123 cm³/mol. The molecule has 2 aliphatic heterocycles. The minimum absolute atomic E-state index is 0.0213. The summed E-state index contributed by atoms with van der Waals surface area (Å²) in [7, 11) is 0. The molecule has 2 aliphatic rings. The van der Waals surface area contributed by atoms with Crippen molar-refractivity contribution < 1.29 is 14.6 Å². The highest BCUT2D eigenvalue weighted by Gasteiger charge is 2.45. The number of hydrogen-bond acceptors (Lipinski definition) is 4. The Morgan fingerprint density at radius 2 is 1.97 bits per heavy atom. The molecule has 2 aromatic carbocycles. The van der Waals surface area contributed by atoms with Crippen LogP contribution in [0.15, 0.2) is 59.5 Å². The molecule has 6 nitrogen and oxygen atoms in total. The average Bonchev–Trinajstić information content (AvgIpc) is 3.08. The van der Waals surface area contributed by atoms with Gasteiger partial charge in [0.15, 0.2) is 5.43 Å². The predicted octanol–water partition coefficient (Wildman–Crippen LogP) is 5.01. The zero-order valence-electron chi connectivity index (χ0n) is 17.8. The minimum Gasteiger partial charge on any atom is -0.487 e. The van der Waals surface area contributed by atoms with Crippen LogP contribution in [0.25, 0.3) is 11.3 Å². The van der Waals surface area contributed by atoms with Crippen molar-refractivity contribution in [1.82, 2.24) is 4.68 Å². The van der Waals surface area contributed by atoms with Crippen LogP contribution in [0.2, 0.25) is 5.02 Å². The normalized spacial score (nSPS) is 18.0. The number of aromatic carboxylic acids is 1. The molecule has 0 bridgehead atoms. The Labute approximate surface area is 190 Å². The Bertz CT molecular complexity index is 1280. The first-order chi connectivity index (χ1) is 15.3. The van der Waals surface area contributed by atoms with E-state index in [2.05, 4.69) is 18.9 Å². The lowest BCUT2D eigenvalue weighted by Crippen LogP contribution is -2.50. The lowest BCUT2D eigenvalue weighted by Gasteiger charge is -2.44. The number of fused-ring (bicyclic) bond motifs is 6. The first-order valence-electron chi connectivity index (χ1n) is 10.6. The van der Waals surface area contributed by atoms with E-state index in [9.17, 15) is 14.7 Å². The number of carboxylic acids is 1. The van der Waals surface area contributed by atoms with Crippen molar-refractivity contribution in [2.24, 2.45) is 0 Å². The number of ether oxygens (including phenoxy) is 1. The molecule has 32 heavy (non-hydrogen) atoms. The van der Waals surface area contributed by atoms with Crippen LogP contribution in [0.5, 0.6) is 5.75 Å². The van der Waals surface area contributed by atoms with Gasteiger partial charge in [-0.15, -0.1) is 0 Å². The summed E-state index contributed by atoms with van der Waals surface area (Å²) in [6, 6.07) is 15.1. The lowest BCUT2D eigenvalue weighted by molar-refractivity contribution is 0.0694. The van der Waals surface area contributed by atoms with E-state index in [-0.39, 0.29) is 17.1 Å². The molecule has 1 atom stereocenters. The second kappa shape index (κ2) is 7.41. The van der Waals surface area contributed by atoms with Crippen LogP contribution in [0, 0.1) is 0 Å². The highest BCUT2D eigenvalue weighted by atomic mass is 35.5. The van der Waals surface area contributed by atoms with Gasteiger partial charge < -0.3 is 9.84 Å². The molecule has 1 fully saturated rings. The topological polar surface area (TPSA) is 71.8 Å². The molecule has 0 spiro atoms. The van der Waals surface area contributed by atoms with Crippen LogP contribution >= 0.6 is 11.6 Å². The van der Waals surface area contributed by atoms with Gasteiger partial charge in [0.1, 0.15) is 17.9 Å². The zero-order chi connectivity index (χ0) is 22.6. The van der Waals surface area contributed by atoms with Crippen LogP contribution in [-0.2, 0) is 6.61 Å². The number of hydrogen-bond donors (Lipinski definition) is 1. The van der Waals surface area contributed by atoms with Crippen LogP contribution in [0.3, 0.4) is 0 Å². The molecule has 0 radical (unpaired) electrons. The third-order valence-electron chi connectivity index (χ3n) is 6.42. The van der Waals surface area contributed by atoms with Crippen LogP contribution < -0.4 is 15.2 Å². The first kappa shape index (κ1) is 20.6. The summed E-state index contributed by atoms with van der Waals surface area (Å²) in [4.78, 5) is 24.2. The van der Waals surface area contributed by atoms with Crippen molar-refractivity contribution in [3.8, 4) is 17.0 Å². The fraction of sp³-hybridized carbons (Fsp3) is 0.280. The summed E-state index contributed by atoms with van der Waals surface area (Å²) < 4.78 is 7.88. The fourth-order valence-corrected chi connectivity index (χ4v) is 5.07. The molecule has 1 aromatic heterocycles. The molecule has 0 amide bonds. The van der Waals surface area contributed by atoms with E-state index in [1.54, 1.807) is 0 Å². The Balaban J connectivity index is 1.64. The van der Waals surface area contributed by atoms with Gasteiger partial charge in [0.2, 0.25) is 0 Å². The quantitative estimate of drug-likeness (QED) is 0.604. The highest BCUT2D eigenvalue weighted by Crippen LogP contribution is 2.49. The summed E-state index contributed by atoms with van der Waals surface area (Å²) in [6.45, 7) is 4.66. The number of aromatic nitrogens is 1. The van der Waals surface area contributed by atoms with E-state index >= 15 is 0 Å². The summed E-state index contributed by atoms with van der Waals surface area (Å²) in [5.41, 5.74) is 2.56. The maximum Gasteiger partial charge on any atom is 0.341 e. The van der Waals surface area contributed by atoms with Crippen LogP contribution in [-0.4, -0.2) is 21.3 Å². The van der Waals surface area contributed by atoms with Crippen LogP contribution in [0.1, 0.15) is 54.2 Å². The van der Waals surface area contributed by atoms with Gasteiger partial charge in [0.05, 0.1) is 22.3 Å². The van der Waals surface area contributed by atoms with Crippen molar-refractivity contribution in [2.45, 2.75) is 44.9 Å². The monoisotopic (exact) mass is 450 g/mol. The molecule has 3 heterocycles. The average molecular weight is 451 g/mol. The molecule has 0 aliphatic carbocycles. The smallest absolute Gasteiger partial charge is 0.341 e. The van der Waals surface area contributed by atoms with Gasteiger partial charge in [-0.2, -0.15) is 0 Å². The Morgan fingerprint density at radius 1 is 1.22 bits per heavy atom. The summed E-state index contributed by atoms with van der Waals surface area (Å²) in [6.07, 6.45) is 3.26. The standard InChI is InChI=1S/C25H23ClN2O4/c1-25(2)9-8-20-17-11-23(32-14-15-6-4-3-5-7-15)19(26)10-16(17)21-12-22(29)18(24(30)31)13-27(21)28(20)25/h3-7,10-13,20H,8-9,14H2,1-2H3,(H,30,31)/t20-/m1/s1. The number of nitrogens with zero attached hydrogens (tertiary/aromatic N) is 2. The second-order valence-corrected chi connectivity index (χ2v) is 9.35. The number of pyridine rings is 1. The summed E-state index contributed by atoms with van der Waals surface area (Å²) in [5.74, 6) is -0.635. The Kier molecular flexibility index (Phi) is 4.78. The van der Waals surface area contributed by atoms with Crippen LogP contribution in [0.4, 0.5) is 0 Å². The Hall–Kier alpha value is -3.25. The number of carbonyl (C=O) groups is 1. The molecule has 0 saturated carbocycles. The first-order valence-corrected chi connectivity index (χ1v) is 10.9. The zero-order valence-corrected chi connectivity index (χ0v) is 18.6.